The van der Waals surface area contributed by atoms with Crippen LogP contribution in [-0.2, 0) is 9.59 Å². The Bertz CT molecular complexity index is 986. The lowest BCUT2D eigenvalue weighted by molar-refractivity contribution is -0.139. The number of hydrogen-bond donors (Lipinski definition) is 3. The fraction of sp³-hybridized carbons (Fsp3) is 0.364. The van der Waals surface area contributed by atoms with Gasteiger partial charge in [-0.05, 0) is 50.5 Å². The second-order valence-corrected chi connectivity index (χ2v) is 7.53. The zero-order valence-electron chi connectivity index (χ0n) is 17.6. The average Bonchev–Trinajstić information content (AvgIpc) is 2.69. The Morgan fingerprint density at radius 2 is 1.55 bits per heavy atom. The maximum absolute atomic E-state index is 12.6. The molecule has 9 nitrogen and oxygen atoms in total. The summed E-state index contributed by atoms with van der Waals surface area (Å²) >= 11 is 0. The third-order valence-corrected chi connectivity index (χ3v) is 4.75. The molecule has 0 spiro atoms. The highest BCUT2D eigenvalue weighted by Gasteiger charge is 2.32. The molecule has 2 amide bonds. The number of benzene rings is 2. The van der Waals surface area contributed by atoms with Crippen LogP contribution in [0.2, 0.25) is 0 Å². The van der Waals surface area contributed by atoms with E-state index in [1.165, 1.54) is 4.90 Å². The van der Waals surface area contributed by atoms with E-state index >= 15 is 0 Å². The summed E-state index contributed by atoms with van der Waals surface area (Å²) < 4.78 is 0. The minimum absolute atomic E-state index is 0.0628. The van der Waals surface area contributed by atoms with E-state index in [0.717, 1.165) is 5.39 Å². The fourth-order valence-electron chi connectivity index (χ4n) is 3.24. The molecule has 1 heterocycles. The first-order valence-corrected chi connectivity index (χ1v) is 9.88. The molecule has 2 aromatic rings. The van der Waals surface area contributed by atoms with Gasteiger partial charge in [0.15, 0.2) is 0 Å². The van der Waals surface area contributed by atoms with Crippen molar-refractivity contribution in [1.29, 1.82) is 0 Å². The van der Waals surface area contributed by atoms with Crippen LogP contribution in [0, 0.1) is 0 Å². The van der Waals surface area contributed by atoms with Gasteiger partial charge in [0.1, 0.15) is 0 Å². The number of aliphatic carboxylic acids is 2. The highest BCUT2D eigenvalue weighted by Crippen LogP contribution is 2.31. The average molecular weight is 429 g/mol. The first-order chi connectivity index (χ1) is 14.6. The number of nitrogens with two attached hydrogens (primary N) is 1. The van der Waals surface area contributed by atoms with Crippen LogP contribution in [0.1, 0.15) is 46.4 Å². The molecule has 3 rings (SSSR count). The molecule has 0 saturated heterocycles. The van der Waals surface area contributed by atoms with Crippen molar-refractivity contribution in [2.75, 3.05) is 32.9 Å². The molecule has 1 aliphatic heterocycles. The van der Waals surface area contributed by atoms with Crippen LogP contribution in [-0.4, -0.2) is 71.0 Å². The molecule has 1 aliphatic rings. The number of carboxylic acids is 2. The molecule has 31 heavy (non-hydrogen) atoms. The number of unbranched alkanes of at least 4 members (excludes halogenated alkanes) is 1. The Labute approximate surface area is 180 Å². The maximum atomic E-state index is 12.6. The predicted molar refractivity (Wildman–Crippen MR) is 116 cm³/mol. The van der Waals surface area contributed by atoms with Gasteiger partial charge in [-0.2, -0.15) is 0 Å². The number of nitrogen functional groups attached to an aromatic ring is 1. The van der Waals surface area contributed by atoms with E-state index in [2.05, 4.69) is 0 Å². The van der Waals surface area contributed by atoms with Crippen LogP contribution in [0.25, 0.3) is 10.8 Å². The Kier molecular flexibility index (Phi) is 8.09. The standard InChI is InChI=1S/C16H17N3O2.C6H10O4/c1-18(2)6-7-19-15(20)12-5-3-4-10-8-11(17)9-13(14(10)12)16(19)21;7-5(8)3-1-2-4-6(9)10/h3-5,8-9H,6-7,17H2,1-2H3;1-4H2,(H,7,8)(H,9,10). The molecule has 0 saturated carbocycles. The molecule has 166 valence electrons. The van der Waals surface area contributed by atoms with Gasteiger partial charge in [0.2, 0.25) is 0 Å². The normalized spacial score (nSPS) is 12.7. The van der Waals surface area contributed by atoms with Crippen molar-refractivity contribution in [1.82, 2.24) is 9.80 Å². The summed E-state index contributed by atoms with van der Waals surface area (Å²) in [6.07, 6.45) is 1.02. The lowest BCUT2D eigenvalue weighted by Crippen LogP contribution is -2.43. The van der Waals surface area contributed by atoms with E-state index in [4.69, 9.17) is 15.9 Å². The molecule has 0 bridgehead atoms. The van der Waals surface area contributed by atoms with Gasteiger partial charge in [-0.25, -0.2) is 0 Å². The van der Waals surface area contributed by atoms with Crippen LogP contribution in [0.3, 0.4) is 0 Å². The van der Waals surface area contributed by atoms with Crippen molar-refractivity contribution in [3.05, 3.63) is 41.5 Å². The minimum atomic E-state index is -0.870. The van der Waals surface area contributed by atoms with E-state index in [1.54, 1.807) is 18.2 Å². The monoisotopic (exact) mass is 429 g/mol. The highest BCUT2D eigenvalue weighted by atomic mass is 16.4. The van der Waals surface area contributed by atoms with E-state index in [0.29, 0.717) is 48.1 Å². The quantitative estimate of drug-likeness (QED) is 0.330. The summed E-state index contributed by atoms with van der Waals surface area (Å²) in [6.45, 7) is 1.00. The van der Waals surface area contributed by atoms with E-state index in [1.807, 2.05) is 31.1 Å². The first kappa shape index (κ1) is 23.8. The number of carboxylic acid groups (broad SMARTS) is 2. The second kappa shape index (κ2) is 10.5. The Hall–Kier alpha value is -3.46. The molecular formula is C22H27N3O6. The number of rotatable bonds is 8. The lowest BCUT2D eigenvalue weighted by Gasteiger charge is -2.28. The van der Waals surface area contributed by atoms with E-state index < -0.39 is 11.9 Å². The van der Waals surface area contributed by atoms with Crippen molar-refractivity contribution < 1.29 is 29.4 Å². The van der Waals surface area contributed by atoms with Crippen molar-refractivity contribution in [3.8, 4) is 0 Å². The topological polar surface area (TPSA) is 141 Å². The summed E-state index contributed by atoms with van der Waals surface area (Å²) in [5.74, 6) is -2.24. The molecule has 0 unspecified atom stereocenters. The molecule has 0 aliphatic carbocycles. The molecule has 0 radical (unpaired) electrons. The van der Waals surface area contributed by atoms with Crippen LogP contribution in [0.4, 0.5) is 5.69 Å². The number of nitrogens with zero attached hydrogens (tertiary/aromatic N) is 2. The second-order valence-electron chi connectivity index (χ2n) is 7.53. The lowest BCUT2D eigenvalue weighted by atomic mass is 9.93. The van der Waals surface area contributed by atoms with E-state index in [9.17, 15) is 19.2 Å². The van der Waals surface area contributed by atoms with Crippen LogP contribution >= 0.6 is 0 Å². The number of carbonyl (C=O) groups excluding carboxylic acids is 2. The number of hydrogen-bond acceptors (Lipinski definition) is 6. The molecule has 2 aromatic carbocycles. The fourth-order valence-corrected chi connectivity index (χ4v) is 3.24. The first-order valence-electron chi connectivity index (χ1n) is 9.88. The number of carbonyl (C=O) groups is 4. The summed E-state index contributed by atoms with van der Waals surface area (Å²) in [5.41, 5.74) is 7.49. The molecule has 0 aromatic heterocycles. The van der Waals surface area contributed by atoms with Crippen LogP contribution < -0.4 is 5.73 Å². The Morgan fingerprint density at radius 3 is 2.10 bits per heavy atom. The van der Waals surface area contributed by atoms with Gasteiger partial charge in [-0.3, -0.25) is 24.1 Å². The molecule has 9 heteroatoms. The summed E-state index contributed by atoms with van der Waals surface area (Å²) in [5, 5.41) is 17.8. The van der Waals surface area contributed by atoms with Crippen LogP contribution in [0.5, 0.6) is 0 Å². The molecular weight excluding hydrogens is 402 g/mol. The Morgan fingerprint density at radius 1 is 0.968 bits per heavy atom. The van der Waals surface area contributed by atoms with Gasteiger partial charge < -0.3 is 20.8 Å². The van der Waals surface area contributed by atoms with Crippen molar-refractivity contribution in [2.45, 2.75) is 25.7 Å². The van der Waals surface area contributed by atoms with E-state index in [-0.39, 0.29) is 24.7 Å². The highest BCUT2D eigenvalue weighted by molar-refractivity contribution is 6.25. The Balaban J connectivity index is 0.000000291. The van der Waals surface area contributed by atoms with Gasteiger partial charge in [-0.1, -0.05) is 12.1 Å². The third kappa shape index (κ3) is 6.26. The van der Waals surface area contributed by atoms with Crippen molar-refractivity contribution >= 4 is 40.2 Å². The summed E-state index contributed by atoms with van der Waals surface area (Å²) in [7, 11) is 3.82. The smallest absolute Gasteiger partial charge is 0.303 e. The van der Waals surface area contributed by atoms with Gasteiger partial charge in [0.05, 0.1) is 5.56 Å². The zero-order valence-corrected chi connectivity index (χ0v) is 17.6. The SMILES string of the molecule is CN(C)CCN1C(=O)c2cccc3cc(N)cc(c23)C1=O.O=C(O)CCCCC(=O)O. The molecule has 0 fully saturated rings. The maximum Gasteiger partial charge on any atom is 0.303 e. The number of amides is 2. The van der Waals surface area contributed by atoms with Crippen LogP contribution in [0.15, 0.2) is 30.3 Å². The number of imide groups is 1. The summed E-state index contributed by atoms with van der Waals surface area (Å²) in [4.78, 5) is 48.2. The number of anilines is 1. The minimum Gasteiger partial charge on any atom is -0.481 e. The van der Waals surface area contributed by atoms with Crippen molar-refractivity contribution in [3.63, 3.8) is 0 Å². The van der Waals surface area contributed by atoms with Gasteiger partial charge in [0.25, 0.3) is 11.8 Å². The summed E-state index contributed by atoms with van der Waals surface area (Å²) in [6, 6.07) is 8.90. The van der Waals surface area contributed by atoms with Crippen molar-refractivity contribution in [2.24, 2.45) is 0 Å². The van der Waals surface area contributed by atoms with Gasteiger partial charge in [-0.15, -0.1) is 0 Å². The molecule has 4 N–H and O–H groups in total. The third-order valence-electron chi connectivity index (χ3n) is 4.75. The number of likely N-dealkylation sites (N-methyl/N-ethyl adjacent to an activating group) is 1. The molecule has 0 atom stereocenters. The van der Waals surface area contributed by atoms with Gasteiger partial charge >= 0.3 is 11.9 Å². The zero-order chi connectivity index (χ0) is 23.1. The van der Waals surface area contributed by atoms with Gasteiger partial charge in [0, 0.05) is 42.6 Å². The predicted octanol–water partition coefficient (Wildman–Crippen LogP) is 2.30. The largest absolute Gasteiger partial charge is 0.481 e.